The molecule has 1 amide bonds. The van der Waals surface area contributed by atoms with E-state index in [9.17, 15) is 9.90 Å². The van der Waals surface area contributed by atoms with Gasteiger partial charge in [0.1, 0.15) is 5.60 Å². The van der Waals surface area contributed by atoms with Gasteiger partial charge in [-0.1, -0.05) is 0 Å². The van der Waals surface area contributed by atoms with Crippen LogP contribution in [-0.4, -0.2) is 50.7 Å². The van der Waals surface area contributed by atoms with E-state index in [0.717, 1.165) is 11.3 Å². The lowest BCUT2D eigenvalue weighted by molar-refractivity contribution is 0.0270. The van der Waals surface area contributed by atoms with E-state index in [4.69, 9.17) is 4.74 Å². The van der Waals surface area contributed by atoms with E-state index in [2.05, 4.69) is 5.10 Å². The Labute approximate surface area is 119 Å². The summed E-state index contributed by atoms with van der Waals surface area (Å²) in [7, 11) is 1.87. The molecule has 1 aliphatic rings. The molecule has 112 valence electrons. The van der Waals surface area contributed by atoms with Crippen LogP contribution in [0.25, 0.3) is 0 Å². The van der Waals surface area contributed by atoms with Crippen LogP contribution in [0.5, 0.6) is 0 Å². The summed E-state index contributed by atoms with van der Waals surface area (Å²) in [6.07, 6.45) is 0.813. The molecule has 0 radical (unpaired) electrons. The summed E-state index contributed by atoms with van der Waals surface area (Å²) < 4.78 is 7.12. The van der Waals surface area contributed by atoms with Crippen LogP contribution in [0.15, 0.2) is 6.20 Å². The number of ether oxygens (including phenoxy) is 1. The number of aryl methyl sites for hydroxylation is 1. The number of aliphatic hydroxyl groups is 1. The lowest BCUT2D eigenvalue weighted by Crippen LogP contribution is -2.35. The lowest BCUT2D eigenvalue weighted by Gasteiger charge is -2.24. The molecular formula is C14H23N3O3. The molecule has 0 saturated carbocycles. The molecule has 6 nitrogen and oxygen atoms in total. The third-order valence-electron chi connectivity index (χ3n) is 3.61. The Morgan fingerprint density at radius 1 is 1.45 bits per heavy atom. The van der Waals surface area contributed by atoms with Gasteiger partial charge in [0.25, 0.3) is 0 Å². The molecule has 1 saturated heterocycles. The SMILES string of the molecule is Cc1c(C2CN(C(=O)OC(C)(C)C)CC2O)cnn1C. The highest BCUT2D eigenvalue weighted by Gasteiger charge is 2.38. The van der Waals surface area contributed by atoms with Crippen LogP contribution in [0.4, 0.5) is 4.79 Å². The van der Waals surface area contributed by atoms with Crippen molar-refractivity contribution in [1.29, 1.82) is 0 Å². The second kappa shape index (κ2) is 5.09. The van der Waals surface area contributed by atoms with Gasteiger partial charge in [0, 0.05) is 30.8 Å². The van der Waals surface area contributed by atoms with Crippen LogP contribution in [0.3, 0.4) is 0 Å². The summed E-state index contributed by atoms with van der Waals surface area (Å²) >= 11 is 0. The molecule has 0 spiro atoms. The third-order valence-corrected chi connectivity index (χ3v) is 3.61. The number of likely N-dealkylation sites (tertiary alicyclic amines) is 1. The Bertz CT molecular complexity index is 504. The minimum atomic E-state index is -0.578. The molecular weight excluding hydrogens is 258 g/mol. The van der Waals surface area contributed by atoms with Crippen molar-refractivity contribution in [2.45, 2.75) is 45.3 Å². The zero-order chi connectivity index (χ0) is 15.1. The highest BCUT2D eigenvalue weighted by molar-refractivity contribution is 5.69. The van der Waals surface area contributed by atoms with Crippen LogP contribution in [-0.2, 0) is 11.8 Å². The van der Waals surface area contributed by atoms with Gasteiger partial charge >= 0.3 is 6.09 Å². The van der Waals surface area contributed by atoms with E-state index < -0.39 is 11.7 Å². The van der Waals surface area contributed by atoms with Gasteiger partial charge < -0.3 is 14.7 Å². The van der Waals surface area contributed by atoms with Crippen molar-refractivity contribution in [3.8, 4) is 0 Å². The van der Waals surface area contributed by atoms with Crippen molar-refractivity contribution >= 4 is 6.09 Å². The molecule has 0 aromatic carbocycles. The number of carbonyl (C=O) groups is 1. The van der Waals surface area contributed by atoms with Crippen LogP contribution in [0.1, 0.15) is 37.9 Å². The van der Waals surface area contributed by atoms with Crippen molar-refractivity contribution in [2.75, 3.05) is 13.1 Å². The predicted octanol–water partition coefficient (Wildman–Crippen LogP) is 1.42. The summed E-state index contributed by atoms with van der Waals surface area (Å²) in [6, 6.07) is 0. The van der Waals surface area contributed by atoms with E-state index in [1.165, 1.54) is 0 Å². The minimum absolute atomic E-state index is 0.101. The van der Waals surface area contributed by atoms with Crippen LogP contribution in [0.2, 0.25) is 0 Å². The number of aromatic nitrogens is 2. The van der Waals surface area contributed by atoms with Crippen molar-refractivity contribution in [3.05, 3.63) is 17.5 Å². The predicted molar refractivity (Wildman–Crippen MR) is 74.5 cm³/mol. The third kappa shape index (κ3) is 2.95. The molecule has 2 rings (SSSR count). The van der Waals surface area contributed by atoms with Crippen LogP contribution in [0, 0.1) is 6.92 Å². The quantitative estimate of drug-likeness (QED) is 0.845. The highest BCUT2D eigenvalue weighted by Crippen LogP contribution is 2.30. The van der Waals surface area contributed by atoms with Crippen LogP contribution < -0.4 is 0 Å². The van der Waals surface area contributed by atoms with E-state index in [1.54, 1.807) is 15.8 Å². The Morgan fingerprint density at radius 3 is 2.60 bits per heavy atom. The molecule has 0 aliphatic carbocycles. The van der Waals surface area contributed by atoms with Gasteiger partial charge in [-0.2, -0.15) is 5.10 Å². The first-order valence-corrected chi connectivity index (χ1v) is 6.83. The van der Waals surface area contributed by atoms with E-state index in [-0.39, 0.29) is 12.0 Å². The van der Waals surface area contributed by atoms with Crippen molar-refractivity contribution < 1.29 is 14.6 Å². The van der Waals surface area contributed by atoms with Gasteiger partial charge in [-0.3, -0.25) is 4.68 Å². The average Bonchev–Trinajstić information content (AvgIpc) is 2.82. The zero-order valence-corrected chi connectivity index (χ0v) is 12.8. The summed E-state index contributed by atoms with van der Waals surface area (Å²) in [5.74, 6) is -0.101. The lowest BCUT2D eigenvalue weighted by atomic mass is 9.97. The molecule has 1 aliphatic heterocycles. The van der Waals surface area contributed by atoms with E-state index in [0.29, 0.717) is 13.1 Å². The number of β-amino-alcohol motifs (C(OH)–C–C–N with tert-alkyl or cyclic N) is 1. The fraction of sp³-hybridized carbons (Fsp3) is 0.714. The maximum atomic E-state index is 12.0. The van der Waals surface area contributed by atoms with Gasteiger partial charge in [-0.15, -0.1) is 0 Å². The first kappa shape index (κ1) is 14.8. The Morgan fingerprint density at radius 2 is 2.10 bits per heavy atom. The maximum Gasteiger partial charge on any atom is 0.410 e. The number of nitrogens with zero attached hydrogens (tertiary/aromatic N) is 3. The number of carbonyl (C=O) groups excluding carboxylic acids is 1. The molecule has 2 atom stereocenters. The molecule has 1 aromatic heterocycles. The number of hydrogen-bond acceptors (Lipinski definition) is 4. The second-order valence-corrected chi connectivity index (χ2v) is 6.37. The first-order chi connectivity index (χ1) is 9.19. The molecule has 0 bridgehead atoms. The van der Waals surface area contributed by atoms with Gasteiger partial charge in [-0.25, -0.2) is 4.79 Å². The molecule has 20 heavy (non-hydrogen) atoms. The Balaban J connectivity index is 2.09. The molecule has 1 N–H and O–H groups in total. The number of hydrogen-bond donors (Lipinski definition) is 1. The van der Waals surface area contributed by atoms with Gasteiger partial charge in [-0.05, 0) is 27.7 Å². The van der Waals surface area contributed by atoms with Crippen molar-refractivity contribution in [2.24, 2.45) is 7.05 Å². The highest BCUT2D eigenvalue weighted by atomic mass is 16.6. The van der Waals surface area contributed by atoms with E-state index in [1.807, 2.05) is 34.7 Å². The average molecular weight is 281 g/mol. The molecule has 1 fully saturated rings. The fourth-order valence-electron chi connectivity index (χ4n) is 2.45. The molecule has 2 heterocycles. The van der Waals surface area contributed by atoms with Gasteiger partial charge in [0.05, 0.1) is 18.8 Å². The minimum Gasteiger partial charge on any atom is -0.444 e. The maximum absolute atomic E-state index is 12.0. The smallest absolute Gasteiger partial charge is 0.410 e. The monoisotopic (exact) mass is 281 g/mol. The fourth-order valence-corrected chi connectivity index (χ4v) is 2.45. The normalized spacial score (nSPS) is 23.2. The van der Waals surface area contributed by atoms with Gasteiger partial charge in [0.15, 0.2) is 0 Å². The topological polar surface area (TPSA) is 67.6 Å². The zero-order valence-electron chi connectivity index (χ0n) is 12.8. The van der Waals surface area contributed by atoms with Crippen molar-refractivity contribution in [1.82, 2.24) is 14.7 Å². The summed E-state index contributed by atoms with van der Waals surface area (Å²) in [6.45, 7) is 8.22. The first-order valence-electron chi connectivity index (χ1n) is 6.83. The largest absolute Gasteiger partial charge is 0.444 e. The standard InChI is InChI=1S/C14H23N3O3/c1-9-10(6-15-16(9)5)11-7-17(8-12(11)18)13(19)20-14(2,3)4/h6,11-12,18H,7-8H2,1-5H3. The number of amides is 1. The van der Waals surface area contributed by atoms with Gasteiger partial charge in [0.2, 0.25) is 0 Å². The van der Waals surface area contributed by atoms with E-state index >= 15 is 0 Å². The summed E-state index contributed by atoms with van der Waals surface area (Å²) in [5, 5.41) is 14.4. The van der Waals surface area contributed by atoms with Crippen LogP contribution >= 0.6 is 0 Å². The molecule has 6 heteroatoms. The molecule has 1 aromatic rings. The Kier molecular flexibility index (Phi) is 3.77. The number of aliphatic hydroxyl groups excluding tert-OH is 1. The molecule has 2 unspecified atom stereocenters. The van der Waals surface area contributed by atoms with Crippen molar-refractivity contribution in [3.63, 3.8) is 0 Å². The second-order valence-electron chi connectivity index (χ2n) is 6.37. The Hall–Kier alpha value is -1.56. The number of rotatable bonds is 1. The summed E-state index contributed by atoms with van der Waals surface area (Å²) in [5.41, 5.74) is 1.48. The summed E-state index contributed by atoms with van der Waals surface area (Å²) in [4.78, 5) is 13.6.